The zero-order valence-electron chi connectivity index (χ0n) is 14.3. The molecule has 2 aromatic rings. The first-order valence-corrected chi connectivity index (χ1v) is 8.68. The van der Waals surface area contributed by atoms with E-state index in [1.165, 1.54) is 4.90 Å². The van der Waals surface area contributed by atoms with Gasteiger partial charge in [-0.25, -0.2) is 19.6 Å². The molecule has 144 valence electrons. The van der Waals surface area contributed by atoms with Gasteiger partial charge >= 0.3 is 12.2 Å². The number of pyridine rings is 2. The average molecular weight is 439 g/mol. The Morgan fingerprint density at radius 1 is 1.04 bits per heavy atom. The van der Waals surface area contributed by atoms with Crippen molar-refractivity contribution in [2.75, 3.05) is 42.7 Å². The normalized spacial score (nSPS) is 14.8. The summed E-state index contributed by atoms with van der Waals surface area (Å²) in [5, 5.41) is 2.46. The molecule has 0 bridgehead atoms. The monoisotopic (exact) mass is 438 g/mol. The van der Waals surface area contributed by atoms with Crippen LogP contribution in [0.4, 0.5) is 26.9 Å². The van der Waals surface area contributed by atoms with Crippen LogP contribution in [0.25, 0.3) is 0 Å². The first-order valence-electron chi connectivity index (χ1n) is 7.89. The summed E-state index contributed by atoms with van der Waals surface area (Å²) in [7, 11) is 0. The van der Waals surface area contributed by atoms with Crippen molar-refractivity contribution in [2.24, 2.45) is 0 Å². The molecule has 2 aliphatic rings. The maximum Gasteiger partial charge on any atom is 0.414 e. The number of ether oxygens (including phenoxy) is 2. The molecule has 5 N–H and O–H groups in total. The highest BCUT2D eigenvalue weighted by atomic mass is 79.9. The van der Waals surface area contributed by atoms with Gasteiger partial charge in [-0.3, -0.25) is 4.90 Å². The predicted octanol–water partition coefficient (Wildman–Crippen LogP) is 1.77. The minimum atomic E-state index is -0.328. The molecule has 0 unspecified atom stereocenters. The third-order valence-electron chi connectivity index (χ3n) is 3.18. The summed E-state index contributed by atoms with van der Waals surface area (Å²) < 4.78 is 10.2. The third kappa shape index (κ3) is 6.98. The first-order chi connectivity index (χ1) is 13.0. The predicted molar refractivity (Wildman–Crippen MR) is 103 cm³/mol. The van der Waals surface area contributed by atoms with Crippen molar-refractivity contribution in [1.82, 2.24) is 15.3 Å². The largest absolute Gasteiger partial charge is 0.448 e. The maximum atomic E-state index is 11.1. The molecule has 0 spiro atoms. The minimum absolute atomic E-state index is 0.296. The highest BCUT2D eigenvalue weighted by Gasteiger charge is 2.23. The van der Waals surface area contributed by atoms with Crippen LogP contribution in [0.5, 0.6) is 0 Å². The van der Waals surface area contributed by atoms with Crippen LogP contribution < -0.4 is 21.7 Å². The second-order valence-electron chi connectivity index (χ2n) is 5.17. The minimum Gasteiger partial charge on any atom is -0.448 e. The lowest BCUT2D eigenvalue weighted by molar-refractivity contribution is 0.178. The van der Waals surface area contributed by atoms with Crippen LogP contribution in [0.3, 0.4) is 0 Å². The number of alkyl carbamates (subject to hydrolysis) is 1. The number of hydrogen-bond donors (Lipinski definition) is 3. The van der Waals surface area contributed by atoms with Gasteiger partial charge in [-0.1, -0.05) is 15.9 Å². The van der Waals surface area contributed by atoms with Crippen LogP contribution in [0, 0.1) is 0 Å². The molecular weight excluding hydrogens is 420 g/mol. The molecule has 2 fully saturated rings. The molecular formula is C16H19BrN6O4. The van der Waals surface area contributed by atoms with Crippen LogP contribution in [-0.4, -0.2) is 48.5 Å². The Morgan fingerprint density at radius 2 is 1.74 bits per heavy atom. The van der Waals surface area contributed by atoms with E-state index < -0.39 is 0 Å². The van der Waals surface area contributed by atoms with Gasteiger partial charge in [0.15, 0.2) is 0 Å². The first kappa shape index (κ1) is 20.2. The van der Waals surface area contributed by atoms with E-state index in [0.29, 0.717) is 37.9 Å². The number of hydrogen-bond acceptors (Lipinski definition) is 8. The van der Waals surface area contributed by atoms with Crippen molar-refractivity contribution < 1.29 is 19.1 Å². The molecule has 11 heteroatoms. The molecule has 2 aliphatic heterocycles. The molecule has 0 aliphatic carbocycles. The smallest absolute Gasteiger partial charge is 0.414 e. The van der Waals surface area contributed by atoms with Crippen molar-refractivity contribution in [3.63, 3.8) is 0 Å². The number of halogens is 1. The van der Waals surface area contributed by atoms with Gasteiger partial charge in [0.2, 0.25) is 0 Å². The molecule has 0 aromatic carbocycles. The Labute approximate surface area is 164 Å². The van der Waals surface area contributed by atoms with E-state index in [2.05, 4.69) is 36.0 Å². The van der Waals surface area contributed by atoms with Gasteiger partial charge in [0.25, 0.3) is 0 Å². The zero-order valence-corrected chi connectivity index (χ0v) is 15.9. The van der Waals surface area contributed by atoms with Crippen LogP contribution in [0.15, 0.2) is 41.1 Å². The molecule has 2 amide bonds. The Morgan fingerprint density at radius 3 is 2.15 bits per heavy atom. The second-order valence-corrected chi connectivity index (χ2v) is 6.08. The molecule has 2 saturated heterocycles. The van der Waals surface area contributed by atoms with Crippen molar-refractivity contribution in [3.05, 3.63) is 41.1 Å². The van der Waals surface area contributed by atoms with E-state index in [1.54, 1.807) is 30.6 Å². The summed E-state index contributed by atoms with van der Waals surface area (Å²) in [6.07, 6.45) is 2.59. The fraction of sp³-hybridized carbons (Fsp3) is 0.250. The van der Waals surface area contributed by atoms with E-state index in [9.17, 15) is 9.59 Å². The van der Waals surface area contributed by atoms with E-state index in [1.807, 2.05) is 6.07 Å². The van der Waals surface area contributed by atoms with Gasteiger partial charge in [0.05, 0.1) is 18.8 Å². The Hall–Kier alpha value is -3.08. The molecule has 0 atom stereocenters. The number of cyclic esters (lactones) is 2. The number of rotatable bonds is 1. The number of nitrogens with one attached hydrogen (secondary N) is 1. The Bertz CT molecular complexity index is 766. The fourth-order valence-electron chi connectivity index (χ4n) is 2.00. The topological polar surface area (TPSA) is 146 Å². The van der Waals surface area contributed by atoms with Crippen LogP contribution in [0.1, 0.15) is 0 Å². The molecule has 10 nitrogen and oxygen atoms in total. The lowest BCUT2D eigenvalue weighted by Crippen LogP contribution is -2.23. The van der Waals surface area contributed by atoms with Crippen LogP contribution in [0.2, 0.25) is 0 Å². The van der Waals surface area contributed by atoms with Crippen LogP contribution >= 0.6 is 15.9 Å². The van der Waals surface area contributed by atoms with Gasteiger partial charge in [-0.2, -0.15) is 0 Å². The second kappa shape index (κ2) is 10.2. The summed E-state index contributed by atoms with van der Waals surface area (Å²) in [5.74, 6) is 0.941. The average Bonchev–Trinajstić information content (AvgIpc) is 3.27. The quantitative estimate of drug-likeness (QED) is 0.610. The fourth-order valence-corrected chi connectivity index (χ4v) is 2.35. The number of aromatic nitrogens is 2. The van der Waals surface area contributed by atoms with E-state index >= 15 is 0 Å². The number of carbonyl (C=O) groups excluding carboxylic acids is 2. The molecule has 0 saturated carbocycles. The van der Waals surface area contributed by atoms with E-state index in [-0.39, 0.29) is 12.2 Å². The highest BCUT2D eigenvalue weighted by Crippen LogP contribution is 2.19. The van der Waals surface area contributed by atoms with Gasteiger partial charge < -0.3 is 26.3 Å². The number of nitrogens with two attached hydrogens (primary N) is 2. The summed E-state index contributed by atoms with van der Waals surface area (Å²) in [5.41, 5.74) is 11.5. The summed E-state index contributed by atoms with van der Waals surface area (Å²) in [6.45, 7) is 2.20. The Kier molecular flexibility index (Phi) is 7.62. The van der Waals surface area contributed by atoms with Crippen molar-refractivity contribution >= 4 is 45.4 Å². The van der Waals surface area contributed by atoms with Gasteiger partial charge in [-0.05, 0) is 18.2 Å². The number of amides is 2. The Balaban J connectivity index is 0.000000159. The molecule has 27 heavy (non-hydrogen) atoms. The standard InChI is InChI=1S/C8H9N3O2.C5H5BrN2.C3H5NO2/c9-7-5-6(1-2-10-7)11-3-4-13-8(11)12;6-4-1-2-8-5(7)3-4;5-3-4-1-2-6-3/h1-2,5H,3-4H2,(H2,9,10);1-3H,(H2,7,8);1-2H2,(H,4,5). The zero-order chi connectivity index (χ0) is 19.6. The summed E-state index contributed by atoms with van der Waals surface area (Å²) in [4.78, 5) is 30.2. The number of nitrogens with zero attached hydrogens (tertiary/aromatic N) is 3. The highest BCUT2D eigenvalue weighted by molar-refractivity contribution is 9.10. The summed E-state index contributed by atoms with van der Waals surface area (Å²) in [6, 6.07) is 6.95. The molecule has 4 rings (SSSR count). The van der Waals surface area contributed by atoms with Gasteiger partial charge in [0.1, 0.15) is 24.8 Å². The lowest BCUT2D eigenvalue weighted by atomic mass is 10.3. The van der Waals surface area contributed by atoms with Crippen molar-refractivity contribution in [2.45, 2.75) is 0 Å². The maximum absolute atomic E-state index is 11.1. The van der Waals surface area contributed by atoms with Crippen molar-refractivity contribution in [1.29, 1.82) is 0 Å². The SMILES string of the molecule is Nc1cc(Br)ccn1.Nc1cc(N2CCOC2=O)ccn1.O=C1NCCO1. The molecule has 0 radical (unpaired) electrons. The van der Waals surface area contributed by atoms with Crippen LogP contribution in [-0.2, 0) is 9.47 Å². The molecule has 4 heterocycles. The third-order valence-corrected chi connectivity index (χ3v) is 3.68. The number of nitrogen functional groups attached to an aromatic ring is 2. The van der Waals surface area contributed by atoms with Crippen molar-refractivity contribution in [3.8, 4) is 0 Å². The van der Waals surface area contributed by atoms with Gasteiger partial charge in [-0.15, -0.1) is 0 Å². The molecule has 2 aromatic heterocycles. The van der Waals surface area contributed by atoms with E-state index in [4.69, 9.17) is 16.2 Å². The summed E-state index contributed by atoms with van der Waals surface area (Å²) >= 11 is 3.24. The van der Waals surface area contributed by atoms with E-state index in [0.717, 1.165) is 10.2 Å². The van der Waals surface area contributed by atoms with Gasteiger partial charge in [0, 0.05) is 22.9 Å². The number of carbonyl (C=O) groups is 2. The number of anilines is 3. The lowest BCUT2D eigenvalue weighted by Gasteiger charge is -2.11.